The number of carbonyl (C=O) groups excluding carboxylic acids is 2. The highest BCUT2D eigenvalue weighted by Crippen LogP contribution is 2.33. The Morgan fingerprint density at radius 3 is 2.48 bits per heavy atom. The SMILES string of the molecule is COc1ccc(-c2csc(NC(=O)COC(=O)COc3ccc(Cl)cc3)n2)cc1OC. The fourth-order valence-corrected chi connectivity index (χ4v) is 3.34. The third kappa shape index (κ3) is 6.34. The molecule has 1 N–H and O–H groups in total. The van der Waals surface area contributed by atoms with E-state index in [2.05, 4.69) is 10.3 Å². The molecule has 1 aromatic heterocycles. The molecule has 0 aliphatic rings. The van der Waals surface area contributed by atoms with E-state index in [-0.39, 0.29) is 6.61 Å². The van der Waals surface area contributed by atoms with Gasteiger partial charge in [-0.3, -0.25) is 10.1 Å². The van der Waals surface area contributed by atoms with E-state index >= 15 is 0 Å². The first-order chi connectivity index (χ1) is 15.0. The summed E-state index contributed by atoms with van der Waals surface area (Å²) >= 11 is 7.03. The molecule has 0 spiro atoms. The topological polar surface area (TPSA) is 96.0 Å². The van der Waals surface area contributed by atoms with Gasteiger partial charge in [0.1, 0.15) is 5.75 Å². The Bertz CT molecular complexity index is 1050. The van der Waals surface area contributed by atoms with Crippen LogP contribution in [0.1, 0.15) is 0 Å². The molecule has 10 heteroatoms. The summed E-state index contributed by atoms with van der Waals surface area (Å²) in [5.74, 6) is 0.475. The second kappa shape index (κ2) is 10.6. The number of amides is 1. The van der Waals surface area contributed by atoms with Crippen molar-refractivity contribution in [2.45, 2.75) is 0 Å². The molecule has 1 amide bonds. The molecule has 3 aromatic rings. The van der Waals surface area contributed by atoms with Crippen LogP contribution in [0, 0.1) is 0 Å². The van der Waals surface area contributed by atoms with Crippen LogP contribution in [0.15, 0.2) is 47.8 Å². The molecule has 3 rings (SSSR count). The second-order valence-electron chi connectivity index (χ2n) is 6.06. The third-order valence-electron chi connectivity index (χ3n) is 3.96. The van der Waals surface area contributed by atoms with Gasteiger partial charge in [-0.05, 0) is 42.5 Å². The zero-order chi connectivity index (χ0) is 22.2. The van der Waals surface area contributed by atoms with Crippen LogP contribution in [0.4, 0.5) is 5.13 Å². The monoisotopic (exact) mass is 462 g/mol. The Labute approximate surface area is 187 Å². The average Bonchev–Trinajstić information content (AvgIpc) is 3.25. The molecule has 0 unspecified atom stereocenters. The van der Waals surface area contributed by atoms with Crippen molar-refractivity contribution in [3.05, 3.63) is 52.9 Å². The number of halogens is 1. The maximum Gasteiger partial charge on any atom is 0.344 e. The number of methoxy groups -OCH3 is 2. The maximum absolute atomic E-state index is 12.0. The number of esters is 1. The van der Waals surface area contributed by atoms with Crippen LogP contribution >= 0.6 is 22.9 Å². The van der Waals surface area contributed by atoms with E-state index in [1.807, 2.05) is 6.07 Å². The molecule has 0 aliphatic carbocycles. The highest BCUT2D eigenvalue weighted by molar-refractivity contribution is 7.14. The Morgan fingerprint density at radius 2 is 1.77 bits per heavy atom. The zero-order valence-corrected chi connectivity index (χ0v) is 18.3. The summed E-state index contributed by atoms with van der Waals surface area (Å²) in [5, 5.41) is 5.33. The van der Waals surface area contributed by atoms with E-state index < -0.39 is 18.5 Å². The van der Waals surface area contributed by atoms with Crippen molar-refractivity contribution in [2.75, 3.05) is 32.8 Å². The number of carbonyl (C=O) groups is 2. The predicted molar refractivity (Wildman–Crippen MR) is 117 cm³/mol. The summed E-state index contributed by atoms with van der Waals surface area (Å²) in [4.78, 5) is 28.2. The van der Waals surface area contributed by atoms with Gasteiger partial charge in [0, 0.05) is 16.0 Å². The Kier molecular flexibility index (Phi) is 7.69. The molecule has 0 fully saturated rings. The lowest BCUT2D eigenvalue weighted by atomic mass is 10.1. The minimum absolute atomic E-state index is 0.324. The van der Waals surface area contributed by atoms with Crippen molar-refractivity contribution in [1.29, 1.82) is 0 Å². The fraction of sp³-hybridized carbons (Fsp3) is 0.190. The normalized spacial score (nSPS) is 10.3. The molecule has 0 radical (unpaired) electrons. The number of ether oxygens (including phenoxy) is 4. The van der Waals surface area contributed by atoms with Crippen LogP contribution in [-0.2, 0) is 14.3 Å². The number of thiazole rings is 1. The van der Waals surface area contributed by atoms with E-state index in [0.29, 0.717) is 33.1 Å². The Morgan fingerprint density at radius 1 is 1.03 bits per heavy atom. The molecular weight excluding hydrogens is 444 g/mol. The lowest BCUT2D eigenvalue weighted by molar-refractivity contribution is -0.149. The molecule has 31 heavy (non-hydrogen) atoms. The van der Waals surface area contributed by atoms with Crippen LogP contribution in [0.2, 0.25) is 5.02 Å². The van der Waals surface area contributed by atoms with Crippen LogP contribution in [0.3, 0.4) is 0 Å². The summed E-state index contributed by atoms with van der Waals surface area (Å²) in [6.45, 7) is -0.774. The molecule has 0 bridgehead atoms. The lowest BCUT2D eigenvalue weighted by Gasteiger charge is -2.08. The van der Waals surface area contributed by atoms with E-state index in [1.54, 1.807) is 56.0 Å². The number of hydrogen-bond donors (Lipinski definition) is 1. The quantitative estimate of drug-likeness (QED) is 0.479. The molecule has 1 heterocycles. The number of hydrogen-bond acceptors (Lipinski definition) is 8. The smallest absolute Gasteiger partial charge is 0.344 e. The van der Waals surface area contributed by atoms with Crippen molar-refractivity contribution in [1.82, 2.24) is 4.98 Å². The lowest BCUT2D eigenvalue weighted by Crippen LogP contribution is -2.23. The fourth-order valence-electron chi connectivity index (χ4n) is 2.48. The zero-order valence-electron chi connectivity index (χ0n) is 16.7. The maximum atomic E-state index is 12.0. The first kappa shape index (κ1) is 22.4. The van der Waals surface area contributed by atoms with Gasteiger partial charge in [0.2, 0.25) is 0 Å². The highest BCUT2D eigenvalue weighted by atomic mass is 35.5. The average molecular weight is 463 g/mol. The number of rotatable bonds is 9. The van der Waals surface area contributed by atoms with Gasteiger partial charge in [-0.2, -0.15) is 0 Å². The van der Waals surface area contributed by atoms with Crippen LogP contribution in [0.25, 0.3) is 11.3 Å². The van der Waals surface area contributed by atoms with Crippen molar-refractivity contribution in [3.8, 4) is 28.5 Å². The predicted octanol–water partition coefficient (Wildman–Crippen LogP) is 4.04. The number of aromatic nitrogens is 1. The van der Waals surface area contributed by atoms with Crippen molar-refractivity contribution in [2.24, 2.45) is 0 Å². The second-order valence-corrected chi connectivity index (χ2v) is 7.35. The van der Waals surface area contributed by atoms with E-state index in [9.17, 15) is 9.59 Å². The van der Waals surface area contributed by atoms with E-state index in [1.165, 1.54) is 11.3 Å². The van der Waals surface area contributed by atoms with Gasteiger partial charge in [0.05, 0.1) is 19.9 Å². The minimum Gasteiger partial charge on any atom is -0.493 e. The summed E-state index contributed by atoms with van der Waals surface area (Å²) in [6.07, 6.45) is 0. The number of anilines is 1. The summed E-state index contributed by atoms with van der Waals surface area (Å²) < 4.78 is 20.7. The molecule has 0 saturated heterocycles. The molecule has 0 atom stereocenters. The van der Waals surface area contributed by atoms with Gasteiger partial charge >= 0.3 is 5.97 Å². The molecule has 2 aromatic carbocycles. The van der Waals surface area contributed by atoms with Gasteiger partial charge < -0.3 is 18.9 Å². The summed E-state index contributed by atoms with van der Waals surface area (Å²) in [6, 6.07) is 11.9. The summed E-state index contributed by atoms with van der Waals surface area (Å²) in [5.41, 5.74) is 1.47. The molecule has 162 valence electrons. The van der Waals surface area contributed by atoms with Crippen LogP contribution < -0.4 is 19.5 Å². The number of benzene rings is 2. The standard InChI is InChI=1S/C21H19ClN2O6S/c1-27-17-8-3-13(9-18(17)28-2)16-12-31-21(23-16)24-19(25)10-30-20(26)11-29-15-6-4-14(22)5-7-15/h3-9,12H,10-11H2,1-2H3,(H,23,24,25). The molecule has 0 aliphatic heterocycles. The first-order valence-electron chi connectivity index (χ1n) is 9.00. The third-order valence-corrected chi connectivity index (χ3v) is 4.97. The largest absolute Gasteiger partial charge is 0.493 e. The Hall–Kier alpha value is -3.30. The van der Waals surface area contributed by atoms with Gasteiger partial charge in [-0.1, -0.05) is 11.6 Å². The van der Waals surface area contributed by atoms with E-state index in [4.69, 9.17) is 30.5 Å². The van der Waals surface area contributed by atoms with Crippen molar-refractivity contribution in [3.63, 3.8) is 0 Å². The Balaban J connectivity index is 1.48. The van der Waals surface area contributed by atoms with E-state index in [0.717, 1.165) is 5.56 Å². The van der Waals surface area contributed by atoms with Gasteiger partial charge in [-0.25, -0.2) is 9.78 Å². The number of nitrogens with zero attached hydrogens (tertiary/aromatic N) is 1. The van der Waals surface area contributed by atoms with Gasteiger partial charge in [0.15, 0.2) is 29.8 Å². The summed E-state index contributed by atoms with van der Waals surface area (Å²) in [7, 11) is 3.11. The van der Waals surface area contributed by atoms with Crippen LogP contribution in [0.5, 0.6) is 17.2 Å². The van der Waals surface area contributed by atoms with Gasteiger partial charge in [-0.15, -0.1) is 11.3 Å². The molecule has 8 nitrogen and oxygen atoms in total. The van der Waals surface area contributed by atoms with Gasteiger partial charge in [0.25, 0.3) is 5.91 Å². The van der Waals surface area contributed by atoms with Crippen LogP contribution in [-0.4, -0.2) is 44.3 Å². The molecular formula is C21H19ClN2O6S. The number of nitrogens with one attached hydrogen (secondary N) is 1. The van der Waals surface area contributed by atoms with Crippen molar-refractivity contribution >= 4 is 39.9 Å². The van der Waals surface area contributed by atoms with Crippen molar-refractivity contribution < 1.29 is 28.5 Å². The first-order valence-corrected chi connectivity index (χ1v) is 10.3. The molecule has 0 saturated carbocycles. The highest BCUT2D eigenvalue weighted by Gasteiger charge is 2.13. The minimum atomic E-state index is -0.671.